The fourth-order valence-electron chi connectivity index (χ4n) is 4.68. The topological polar surface area (TPSA) is 65.7 Å². The number of guanidine groups is 1. The summed E-state index contributed by atoms with van der Waals surface area (Å²) < 4.78 is 17.1. The van der Waals surface area contributed by atoms with Gasteiger partial charge in [-0.2, -0.15) is 0 Å². The molecule has 9 heteroatoms. The second-order valence-corrected chi connectivity index (χ2v) is 8.34. The Kier molecular flexibility index (Phi) is 9.89. The molecule has 2 atom stereocenters. The van der Waals surface area contributed by atoms with Gasteiger partial charge < -0.3 is 24.1 Å². The molecule has 2 unspecified atom stereocenters. The number of likely N-dealkylation sites (tertiary alicyclic amines) is 1. The summed E-state index contributed by atoms with van der Waals surface area (Å²) in [5, 5.41) is 3.52. The smallest absolute Gasteiger partial charge is 0.194 e. The number of rotatable bonds is 6. The van der Waals surface area contributed by atoms with Crippen LogP contribution in [0.25, 0.3) is 0 Å². The number of hydrogen-bond acceptors (Lipinski definition) is 6. The molecule has 31 heavy (non-hydrogen) atoms. The minimum Gasteiger partial charge on any atom is -0.465 e. The van der Waals surface area contributed by atoms with Crippen LogP contribution in [0.15, 0.2) is 21.5 Å². The Morgan fingerprint density at radius 1 is 1.10 bits per heavy atom. The monoisotopic (exact) mass is 547 g/mol. The Bertz CT molecular complexity index is 688. The van der Waals surface area contributed by atoms with Crippen LogP contribution >= 0.6 is 24.0 Å². The third-order valence-corrected chi connectivity index (χ3v) is 6.35. The number of hydrogen-bond donors (Lipinski definition) is 1. The highest BCUT2D eigenvalue weighted by molar-refractivity contribution is 14.0. The van der Waals surface area contributed by atoms with Crippen LogP contribution in [0.5, 0.6) is 0 Å². The van der Waals surface area contributed by atoms with Crippen molar-refractivity contribution in [2.24, 2.45) is 4.99 Å². The summed E-state index contributed by atoms with van der Waals surface area (Å²) in [5.74, 6) is 2.98. The molecule has 0 aliphatic carbocycles. The first-order valence-electron chi connectivity index (χ1n) is 11.5. The van der Waals surface area contributed by atoms with Gasteiger partial charge in [0.1, 0.15) is 11.5 Å². The Morgan fingerprint density at radius 3 is 2.45 bits per heavy atom. The molecule has 1 N–H and O–H groups in total. The third-order valence-electron chi connectivity index (χ3n) is 6.35. The highest BCUT2D eigenvalue weighted by Gasteiger charge is 2.31. The van der Waals surface area contributed by atoms with Gasteiger partial charge in [-0.15, -0.1) is 24.0 Å². The Hall–Kier alpha value is -0.880. The van der Waals surface area contributed by atoms with Crippen molar-refractivity contribution in [2.45, 2.75) is 32.4 Å². The molecule has 3 fully saturated rings. The number of aryl methyl sites for hydroxylation is 1. The zero-order valence-corrected chi connectivity index (χ0v) is 21.3. The summed E-state index contributed by atoms with van der Waals surface area (Å²) >= 11 is 0. The minimum atomic E-state index is 0. The van der Waals surface area contributed by atoms with Gasteiger partial charge in [-0.1, -0.05) is 0 Å². The first-order valence-corrected chi connectivity index (χ1v) is 11.5. The van der Waals surface area contributed by atoms with Crippen LogP contribution in [0.1, 0.15) is 30.9 Å². The highest BCUT2D eigenvalue weighted by atomic mass is 127. The van der Waals surface area contributed by atoms with Crippen LogP contribution in [0.3, 0.4) is 0 Å². The zero-order valence-electron chi connectivity index (χ0n) is 18.9. The van der Waals surface area contributed by atoms with Crippen LogP contribution in [-0.4, -0.2) is 105 Å². The first kappa shape index (κ1) is 24.8. The van der Waals surface area contributed by atoms with Gasteiger partial charge in [0.25, 0.3) is 0 Å². The Balaban J connectivity index is 0.00000272. The SMILES string of the molecule is CCNC(=NCC(c1ccc(C)o1)N1CCOCC1)N1CCC(N2CCOCC2)C1.I. The molecule has 0 bridgehead atoms. The second kappa shape index (κ2) is 12.4. The molecule has 3 aliphatic heterocycles. The summed E-state index contributed by atoms with van der Waals surface area (Å²) in [6.07, 6.45) is 1.19. The van der Waals surface area contributed by atoms with Crippen LogP contribution in [0, 0.1) is 6.92 Å². The third kappa shape index (κ3) is 6.56. The van der Waals surface area contributed by atoms with Crippen molar-refractivity contribution < 1.29 is 13.9 Å². The molecule has 8 nitrogen and oxygen atoms in total. The normalized spacial score (nSPS) is 24.8. The molecule has 4 heterocycles. The van der Waals surface area contributed by atoms with Crippen molar-refractivity contribution >= 4 is 29.9 Å². The Labute approximate surface area is 203 Å². The fourth-order valence-corrected chi connectivity index (χ4v) is 4.68. The van der Waals surface area contributed by atoms with E-state index < -0.39 is 0 Å². The largest absolute Gasteiger partial charge is 0.465 e. The van der Waals surface area contributed by atoms with E-state index in [1.54, 1.807) is 0 Å². The molecule has 4 rings (SSSR count). The van der Waals surface area contributed by atoms with Gasteiger partial charge in [0, 0.05) is 51.9 Å². The van der Waals surface area contributed by atoms with Crippen molar-refractivity contribution in [3.8, 4) is 0 Å². The highest BCUT2D eigenvalue weighted by Crippen LogP contribution is 2.25. The van der Waals surface area contributed by atoms with E-state index in [9.17, 15) is 0 Å². The van der Waals surface area contributed by atoms with Gasteiger partial charge >= 0.3 is 0 Å². The van der Waals surface area contributed by atoms with Gasteiger partial charge in [-0.25, -0.2) is 0 Å². The second-order valence-electron chi connectivity index (χ2n) is 8.34. The standard InChI is InChI=1S/C22H37N5O3.HI/c1-3-23-22(27-7-6-19(17-27)25-8-12-28-13-9-25)24-16-20(21-5-4-18(2)30-21)26-10-14-29-15-11-26;/h4-5,19-20H,3,6-17H2,1-2H3,(H,23,24);1H. The predicted molar refractivity (Wildman–Crippen MR) is 132 cm³/mol. The average molecular weight is 547 g/mol. The van der Waals surface area contributed by atoms with E-state index in [1.165, 1.54) is 6.42 Å². The molecular formula is C22H38IN5O3. The lowest BCUT2D eigenvalue weighted by Crippen LogP contribution is -2.47. The van der Waals surface area contributed by atoms with E-state index in [4.69, 9.17) is 18.9 Å². The summed E-state index contributed by atoms with van der Waals surface area (Å²) in [5.41, 5.74) is 0. The van der Waals surface area contributed by atoms with Gasteiger partial charge in [-0.3, -0.25) is 14.8 Å². The lowest BCUT2D eigenvalue weighted by molar-refractivity contribution is 0.0134. The van der Waals surface area contributed by atoms with Crippen LogP contribution < -0.4 is 5.32 Å². The molecule has 1 aromatic rings. The van der Waals surface area contributed by atoms with Crippen molar-refractivity contribution in [3.63, 3.8) is 0 Å². The van der Waals surface area contributed by atoms with Crippen molar-refractivity contribution in [1.82, 2.24) is 20.0 Å². The summed E-state index contributed by atoms with van der Waals surface area (Å²) in [6.45, 7) is 15.0. The molecule has 3 aliphatic rings. The quantitative estimate of drug-likeness (QED) is 0.332. The number of nitrogens with one attached hydrogen (secondary N) is 1. The Morgan fingerprint density at radius 2 is 1.81 bits per heavy atom. The number of furan rings is 1. The fraction of sp³-hybridized carbons (Fsp3) is 0.773. The zero-order chi connectivity index (χ0) is 20.8. The molecule has 1 aromatic heterocycles. The molecule has 0 spiro atoms. The van der Waals surface area contributed by atoms with Crippen molar-refractivity contribution in [1.29, 1.82) is 0 Å². The molecule has 3 saturated heterocycles. The number of aliphatic imine (C=N–C) groups is 1. The van der Waals surface area contributed by atoms with Gasteiger partial charge in [0.15, 0.2) is 5.96 Å². The first-order chi connectivity index (χ1) is 14.7. The van der Waals surface area contributed by atoms with Gasteiger partial charge in [-0.05, 0) is 32.4 Å². The molecule has 0 aromatic carbocycles. The van der Waals surface area contributed by atoms with E-state index in [0.29, 0.717) is 12.6 Å². The predicted octanol–water partition coefficient (Wildman–Crippen LogP) is 1.95. The van der Waals surface area contributed by atoms with Crippen LogP contribution in [0.4, 0.5) is 0 Å². The average Bonchev–Trinajstić information content (AvgIpc) is 3.44. The van der Waals surface area contributed by atoms with Crippen LogP contribution in [0.2, 0.25) is 0 Å². The molecule has 0 saturated carbocycles. The number of halogens is 1. The van der Waals surface area contributed by atoms with Gasteiger partial charge in [0.2, 0.25) is 0 Å². The lowest BCUT2D eigenvalue weighted by Gasteiger charge is -2.33. The van der Waals surface area contributed by atoms with E-state index in [-0.39, 0.29) is 30.0 Å². The number of nitrogens with zero attached hydrogens (tertiary/aromatic N) is 4. The minimum absolute atomic E-state index is 0. The lowest BCUT2D eigenvalue weighted by atomic mass is 10.1. The van der Waals surface area contributed by atoms with Gasteiger partial charge in [0.05, 0.1) is 39.0 Å². The van der Waals surface area contributed by atoms with E-state index in [0.717, 1.165) is 89.7 Å². The molecule has 176 valence electrons. The van der Waals surface area contributed by atoms with Crippen molar-refractivity contribution in [2.75, 3.05) is 78.8 Å². The number of morpholine rings is 2. The van der Waals surface area contributed by atoms with Crippen LogP contribution in [-0.2, 0) is 9.47 Å². The molecular weight excluding hydrogens is 509 g/mol. The van der Waals surface area contributed by atoms with E-state index >= 15 is 0 Å². The molecule has 0 radical (unpaired) electrons. The van der Waals surface area contributed by atoms with Crippen molar-refractivity contribution in [3.05, 3.63) is 23.7 Å². The maximum absolute atomic E-state index is 6.01. The number of ether oxygens (including phenoxy) is 2. The maximum atomic E-state index is 6.01. The molecule has 0 amide bonds. The summed E-state index contributed by atoms with van der Waals surface area (Å²) in [6, 6.07) is 4.89. The summed E-state index contributed by atoms with van der Waals surface area (Å²) in [4.78, 5) is 12.5. The summed E-state index contributed by atoms with van der Waals surface area (Å²) in [7, 11) is 0. The van der Waals surface area contributed by atoms with E-state index in [2.05, 4.69) is 33.0 Å². The van der Waals surface area contributed by atoms with E-state index in [1.807, 2.05) is 13.0 Å². The maximum Gasteiger partial charge on any atom is 0.194 e.